The van der Waals surface area contributed by atoms with Crippen LogP contribution in [0.4, 0.5) is 34.1 Å². The molecule has 0 aromatic heterocycles. The van der Waals surface area contributed by atoms with Crippen molar-refractivity contribution in [2.24, 2.45) is 0 Å². The zero-order valence-electron chi connectivity index (χ0n) is 18.4. The average molecular weight is 455 g/mol. The van der Waals surface area contributed by atoms with E-state index in [0.29, 0.717) is 0 Å². The third kappa shape index (κ3) is 2.77. The summed E-state index contributed by atoms with van der Waals surface area (Å²) in [5.41, 5.74) is 10.9. The minimum Gasteiger partial charge on any atom is -0.311 e. The van der Waals surface area contributed by atoms with Crippen molar-refractivity contribution in [3.63, 3.8) is 0 Å². The fourth-order valence-electron chi connectivity index (χ4n) is 5.57. The van der Waals surface area contributed by atoms with E-state index in [0.717, 1.165) is 16.4 Å². The fourth-order valence-corrected chi connectivity index (χ4v) is 5.75. The Kier molecular flexibility index (Phi) is 4.33. The van der Waals surface area contributed by atoms with Crippen molar-refractivity contribution >= 4 is 68.8 Å². The van der Waals surface area contributed by atoms with E-state index in [9.17, 15) is 0 Å². The summed E-state index contributed by atoms with van der Waals surface area (Å²) in [4.78, 5) is 4.77. The van der Waals surface area contributed by atoms with E-state index in [1.165, 1.54) is 39.1 Å². The van der Waals surface area contributed by atoms with Gasteiger partial charge in [0.1, 0.15) is 0 Å². The predicted octanol–water partition coefficient (Wildman–Crippen LogP) is 6.42. The van der Waals surface area contributed by atoms with Crippen LogP contribution in [-0.2, 0) is 0 Å². The Hall–Kier alpha value is -3.95. The highest BCUT2D eigenvalue weighted by molar-refractivity contribution is 7.00. The second-order valence-electron chi connectivity index (χ2n) is 8.75. The van der Waals surface area contributed by atoms with Crippen molar-refractivity contribution < 1.29 is 0 Å². The van der Waals surface area contributed by atoms with Crippen LogP contribution in [0.3, 0.4) is 0 Å². The molecule has 0 radical (unpaired) electrons. The van der Waals surface area contributed by atoms with Crippen molar-refractivity contribution in [1.82, 2.24) is 0 Å². The van der Waals surface area contributed by atoms with E-state index in [1.54, 1.807) is 0 Å². The van der Waals surface area contributed by atoms with E-state index in [-0.39, 0.29) is 6.71 Å². The molecule has 4 heteroatoms. The minimum absolute atomic E-state index is 0.107. The van der Waals surface area contributed by atoms with Crippen LogP contribution in [0.15, 0.2) is 121 Å². The fraction of sp³-hybridized carbons (Fsp3) is 0. The van der Waals surface area contributed by atoms with Gasteiger partial charge in [0.05, 0.1) is 0 Å². The van der Waals surface area contributed by atoms with Crippen LogP contribution in [0.1, 0.15) is 0 Å². The first-order chi connectivity index (χ1) is 16.8. The molecule has 2 aliphatic heterocycles. The lowest BCUT2D eigenvalue weighted by atomic mass is 9.33. The second-order valence-corrected chi connectivity index (χ2v) is 9.18. The molecule has 5 aromatic rings. The molecule has 0 saturated carbocycles. The molecular weight excluding hydrogens is 435 g/mol. The summed E-state index contributed by atoms with van der Waals surface area (Å²) in [7, 11) is 0. The van der Waals surface area contributed by atoms with Gasteiger partial charge in [-0.3, -0.25) is 0 Å². The van der Waals surface area contributed by atoms with Crippen LogP contribution in [0.2, 0.25) is 5.02 Å². The summed E-state index contributed by atoms with van der Waals surface area (Å²) < 4.78 is 0. The highest BCUT2D eigenvalue weighted by Crippen LogP contribution is 2.43. The SMILES string of the molecule is Clc1ccc2c(c1)B1c3ccccc3N(c3ccccc3)c3cccc(c31)N2c1ccccc1. The number of halogens is 1. The maximum atomic E-state index is 6.60. The van der Waals surface area contributed by atoms with E-state index in [4.69, 9.17) is 11.6 Å². The molecule has 0 fully saturated rings. The van der Waals surface area contributed by atoms with Gasteiger partial charge >= 0.3 is 0 Å². The topological polar surface area (TPSA) is 6.48 Å². The van der Waals surface area contributed by atoms with Crippen molar-refractivity contribution in [3.8, 4) is 0 Å². The summed E-state index contributed by atoms with van der Waals surface area (Å²) in [6.45, 7) is 0.107. The molecular formula is C30H20BClN2. The van der Waals surface area contributed by atoms with Crippen molar-refractivity contribution in [2.75, 3.05) is 9.80 Å². The van der Waals surface area contributed by atoms with Gasteiger partial charge < -0.3 is 9.80 Å². The first-order valence-corrected chi connectivity index (χ1v) is 11.9. The number of benzene rings is 5. The van der Waals surface area contributed by atoms with E-state index < -0.39 is 0 Å². The first-order valence-electron chi connectivity index (χ1n) is 11.5. The number of rotatable bonds is 2. The van der Waals surface area contributed by atoms with Crippen LogP contribution >= 0.6 is 11.6 Å². The van der Waals surface area contributed by atoms with Gasteiger partial charge in [-0.05, 0) is 77.1 Å². The molecule has 34 heavy (non-hydrogen) atoms. The van der Waals surface area contributed by atoms with Gasteiger partial charge in [-0.25, -0.2) is 0 Å². The smallest absolute Gasteiger partial charge is 0.252 e. The zero-order valence-corrected chi connectivity index (χ0v) is 19.2. The van der Waals surface area contributed by atoms with E-state index in [2.05, 4.69) is 125 Å². The largest absolute Gasteiger partial charge is 0.311 e. The molecule has 2 nitrogen and oxygen atoms in total. The Morgan fingerprint density at radius 1 is 0.471 bits per heavy atom. The van der Waals surface area contributed by atoms with Gasteiger partial charge in [0.15, 0.2) is 0 Å². The first kappa shape index (κ1) is 19.5. The molecule has 0 N–H and O–H groups in total. The minimum atomic E-state index is 0.107. The molecule has 0 aliphatic carbocycles. The lowest BCUT2D eigenvalue weighted by Crippen LogP contribution is -2.61. The van der Waals surface area contributed by atoms with E-state index >= 15 is 0 Å². The Bertz CT molecular complexity index is 1520. The molecule has 0 bridgehead atoms. The number of hydrogen-bond acceptors (Lipinski definition) is 2. The number of nitrogens with zero attached hydrogens (tertiary/aromatic N) is 2. The summed E-state index contributed by atoms with van der Waals surface area (Å²) in [5, 5.41) is 0.760. The number of hydrogen-bond donors (Lipinski definition) is 0. The van der Waals surface area contributed by atoms with Gasteiger partial charge in [-0.2, -0.15) is 0 Å². The Morgan fingerprint density at radius 2 is 1.00 bits per heavy atom. The number of anilines is 6. The monoisotopic (exact) mass is 454 g/mol. The summed E-state index contributed by atoms with van der Waals surface area (Å²) in [5.74, 6) is 0. The summed E-state index contributed by atoms with van der Waals surface area (Å²) in [6, 6.07) is 42.9. The van der Waals surface area contributed by atoms with Crippen LogP contribution in [-0.4, -0.2) is 6.71 Å². The van der Waals surface area contributed by atoms with Gasteiger partial charge in [-0.15, -0.1) is 0 Å². The molecule has 2 aliphatic rings. The molecule has 0 spiro atoms. The molecule has 0 amide bonds. The lowest BCUT2D eigenvalue weighted by molar-refractivity contribution is 1.25. The Labute approximate surface area is 204 Å². The quantitative estimate of drug-likeness (QED) is 0.278. The van der Waals surface area contributed by atoms with Crippen molar-refractivity contribution in [2.45, 2.75) is 0 Å². The van der Waals surface area contributed by atoms with Crippen molar-refractivity contribution in [3.05, 3.63) is 126 Å². The third-order valence-corrected chi connectivity index (χ3v) is 7.12. The van der Waals surface area contributed by atoms with Crippen LogP contribution < -0.4 is 26.2 Å². The Morgan fingerprint density at radius 3 is 1.65 bits per heavy atom. The molecule has 0 unspecified atom stereocenters. The molecule has 160 valence electrons. The molecule has 2 heterocycles. The molecule has 7 rings (SSSR count). The maximum Gasteiger partial charge on any atom is 0.252 e. The lowest BCUT2D eigenvalue weighted by Gasteiger charge is -2.44. The number of fused-ring (bicyclic) bond motifs is 4. The third-order valence-electron chi connectivity index (χ3n) is 6.89. The molecule has 5 aromatic carbocycles. The normalized spacial score (nSPS) is 13.3. The Balaban J connectivity index is 1.59. The highest BCUT2D eigenvalue weighted by atomic mass is 35.5. The van der Waals surface area contributed by atoms with Crippen LogP contribution in [0.25, 0.3) is 0 Å². The highest BCUT2D eigenvalue weighted by Gasteiger charge is 2.42. The average Bonchev–Trinajstić information content (AvgIpc) is 2.89. The van der Waals surface area contributed by atoms with E-state index in [1.807, 2.05) is 6.07 Å². The number of para-hydroxylation sites is 3. The second kappa shape index (κ2) is 7.54. The van der Waals surface area contributed by atoms with Gasteiger partial charge in [-0.1, -0.05) is 72.3 Å². The zero-order chi connectivity index (χ0) is 22.6. The van der Waals surface area contributed by atoms with Crippen LogP contribution in [0, 0.1) is 0 Å². The summed E-state index contributed by atoms with van der Waals surface area (Å²) in [6.07, 6.45) is 0. The van der Waals surface area contributed by atoms with Gasteiger partial charge in [0.25, 0.3) is 6.71 Å². The standard InChI is InChI=1S/C30H20BClN2/c32-21-18-19-27-25(20-21)31-24-14-7-8-15-26(24)33(22-10-3-1-4-11-22)28-16-9-17-29(30(28)31)34(27)23-12-5-2-6-13-23/h1-20H. The molecule has 0 saturated heterocycles. The summed E-state index contributed by atoms with van der Waals surface area (Å²) >= 11 is 6.60. The predicted molar refractivity (Wildman–Crippen MR) is 145 cm³/mol. The van der Waals surface area contributed by atoms with Gasteiger partial charge in [0.2, 0.25) is 0 Å². The van der Waals surface area contributed by atoms with Gasteiger partial charge in [0, 0.05) is 39.1 Å². The maximum absolute atomic E-state index is 6.60. The molecule has 0 atom stereocenters. The van der Waals surface area contributed by atoms with Crippen molar-refractivity contribution in [1.29, 1.82) is 0 Å². The van der Waals surface area contributed by atoms with Crippen LogP contribution in [0.5, 0.6) is 0 Å².